The van der Waals surface area contributed by atoms with Crippen LogP contribution in [-0.2, 0) is 0 Å². The highest BCUT2D eigenvalue weighted by molar-refractivity contribution is 5.20. The van der Waals surface area contributed by atoms with Gasteiger partial charge in [-0.2, -0.15) is 0 Å². The van der Waals surface area contributed by atoms with Gasteiger partial charge in [0.1, 0.15) is 12.4 Å². The van der Waals surface area contributed by atoms with E-state index in [-0.39, 0.29) is 0 Å². The monoisotopic (exact) mass is 220 g/mol. The summed E-state index contributed by atoms with van der Waals surface area (Å²) in [6.07, 6.45) is 0. The maximum atomic E-state index is 5.69. The first-order valence-corrected chi connectivity index (χ1v) is 5.99. The molecule has 0 saturated carbocycles. The minimum atomic E-state index is 0.619. The first kappa shape index (κ1) is 11.4. The quantitative estimate of drug-likeness (QED) is 0.829. The zero-order valence-electron chi connectivity index (χ0n) is 9.86. The molecule has 3 heteroatoms. The number of hydrogen-bond donors (Lipinski definition) is 1. The van der Waals surface area contributed by atoms with Gasteiger partial charge in [-0.05, 0) is 19.1 Å². The Kier molecular flexibility index (Phi) is 4.19. The van der Waals surface area contributed by atoms with Crippen LogP contribution in [0.4, 0.5) is 0 Å². The third-order valence-corrected chi connectivity index (χ3v) is 3.03. The average Bonchev–Trinajstić information content (AvgIpc) is 2.33. The number of benzene rings is 1. The Balaban J connectivity index is 1.71. The van der Waals surface area contributed by atoms with Crippen molar-refractivity contribution in [1.29, 1.82) is 0 Å². The zero-order chi connectivity index (χ0) is 11.2. The standard InChI is InChI=1S/C13H20N2O/c1-12-11-14-7-8-15(12)9-10-16-13-5-3-2-4-6-13/h2-6,12,14H,7-11H2,1H3. The molecule has 1 fully saturated rings. The van der Waals surface area contributed by atoms with Crippen molar-refractivity contribution >= 4 is 0 Å². The summed E-state index contributed by atoms with van der Waals surface area (Å²) in [5.41, 5.74) is 0. The van der Waals surface area contributed by atoms with Crippen molar-refractivity contribution in [2.75, 3.05) is 32.8 Å². The summed E-state index contributed by atoms with van der Waals surface area (Å²) in [5.74, 6) is 0.963. The van der Waals surface area contributed by atoms with Gasteiger partial charge in [0.05, 0.1) is 0 Å². The number of ether oxygens (including phenoxy) is 1. The summed E-state index contributed by atoms with van der Waals surface area (Å²) in [5, 5.41) is 3.39. The van der Waals surface area contributed by atoms with Crippen LogP contribution in [0.3, 0.4) is 0 Å². The smallest absolute Gasteiger partial charge is 0.119 e. The third-order valence-electron chi connectivity index (χ3n) is 3.03. The van der Waals surface area contributed by atoms with Crippen LogP contribution < -0.4 is 10.1 Å². The van der Waals surface area contributed by atoms with Crippen molar-refractivity contribution in [2.24, 2.45) is 0 Å². The molecule has 1 aliphatic heterocycles. The predicted octanol–water partition coefficient (Wildman–Crippen LogP) is 1.36. The van der Waals surface area contributed by atoms with Crippen LogP contribution in [-0.4, -0.2) is 43.7 Å². The fourth-order valence-corrected chi connectivity index (χ4v) is 2.01. The van der Waals surface area contributed by atoms with Gasteiger partial charge in [-0.15, -0.1) is 0 Å². The van der Waals surface area contributed by atoms with E-state index in [9.17, 15) is 0 Å². The first-order chi connectivity index (χ1) is 7.86. The highest BCUT2D eigenvalue weighted by atomic mass is 16.5. The van der Waals surface area contributed by atoms with Gasteiger partial charge in [-0.3, -0.25) is 4.90 Å². The number of rotatable bonds is 4. The molecular formula is C13H20N2O. The number of para-hydroxylation sites is 1. The Labute approximate surface area is 97.4 Å². The van der Waals surface area contributed by atoms with Gasteiger partial charge >= 0.3 is 0 Å². The SMILES string of the molecule is CC1CNCCN1CCOc1ccccc1. The Morgan fingerprint density at radius 1 is 1.38 bits per heavy atom. The molecule has 16 heavy (non-hydrogen) atoms. The maximum absolute atomic E-state index is 5.69. The molecule has 1 saturated heterocycles. The van der Waals surface area contributed by atoms with Crippen LogP contribution >= 0.6 is 0 Å². The van der Waals surface area contributed by atoms with Crippen molar-refractivity contribution in [3.05, 3.63) is 30.3 Å². The van der Waals surface area contributed by atoms with E-state index >= 15 is 0 Å². The normalized spacial score (nSPS) is 21.9. The van der Waals surface area contributed by atoms with Gasteiger partial charge in [0.15, 0.2) is 0 Å². The fourth-order valence-electron chi connectivity index (χ4n) is 2.01. The van der Waals surface area contributed by atoms with Gasteiger partial charge in [-0.25, -0.2) is 0 Å². The molecule has 1 heterocycles. The summed E-state index contributed by atoms with van der Waals surface area (Å²) in [7, 11) is 0. The second-order valence-electron chi connectivity index (χ2n) is 4.25. The Morgan fingerprint density at radius 2 is 2.19 bits per heavy atom. The zero-order valence-corrected chi connectivity index (χ0v) is 9.86. The molecule has 0 amide bonds. The topological polar surface area (TPSA) is 24.5 Å². The first-order valence-electron chi connectivity index (χ1n) is 5.99. The third kappa shape index (κ3) is 3.22. The molecular weight excluding hydrogens is 200 g/mol. The summed E-state index contributed by atoms with van der Waals surface area (Å²) in [6, 6.07) is 10.6. The van der Waals surface area contributed by atoms with Gasteiger partial charge in [0.25, 0.3) is 0 Å². The van der Waals surface area contributed by atoms with Gasteiger partial charge in [0, 0.05) is 32.2 Å². The Hall–Kier alpha value is -1.06. The highest BCUT2D eigenvalue weighted by Gasteiger charge is 2.16. The molecule has 2 rings (SSSR count). The lowest BCUT2D eigenvalue weighted by molar-refractivity contribution is 0.143. The van der Waals surface area contributed by atoms with Crippen LogP contribution in [0.5, 0.6) is 5.75 Å². The lowest BCUT2D eigenvalue weighted by atomic mass is 10.2. The van der Waals surface area contributed by atoms with Crippen LogP contribution in [0.15, 0.2) is 30.3 Å². The van der Waals surface area contributed by atoms with Crippen molar-refractivity contribution in [3.63, 3.8) is 0 Å². The molecule has 0 aromatic heterocycles. The lowest BCUT2D eigenvalue weighted by Gasteiger charge is -2.33. The summed E-state index contributed by atoms with van der Waals surface area (Å²) >= 11 is 0. The highest BCUT2D eigenvalue weighted by Crippen LogP contribution is 2.08. The van der Waals surface area contributed by atoms with Crippen molar-refractivity contribution < 1.29 is 4.74 Å². The second-order valence-corrected chi connectivity index (χ2v) is 4.25. The lowest BCUT2D eigenvalue weighted by Crippen LogP contribution is -2.50. The Morgan fingerprint density at radius 3 is 2.94 bits per heavy atom. The number of nitrogens with one attached hydrogen (secondary N) is 1. The van der Waals surface area contributed by atoms with Crippen molar-refractivity contribution in [2.45, 2.75) is 13.0 Å². The van der Waals surface area contributed by atoms with E-state index in [0.717, 1.165) is 38.5 Å². The molecule has 0 bridgehead atoms. The van der Waals surface area contributed by atoms with Gasteiger partial charge in [-0.1, -0.05) is 18.2 Å². The average molecular weight is 220 g/mol. The van der Waals surface area contributed by atoms with Crippen LogP contribution in [0.25, 0.3) is 0 Å². The van der Waals surface area contributed by atoms with Crippen LogP contribution in [0, 0.1) is 0 Å². The number of piperazine rings is 1. The Bertz CT molecular complexity index is 302. The summed E-state index contributed by atoms with van der Waals surface area (Å²) in [6.45, 7) is 7.35. The van der Waals surface area contributed by atoms with E-state index in [2.05, 4.69) is 17.1 Å². The molecule has 3 nitrogen and oxygen atoms in total. The molecule has 1 N–H and O–H groups in total. The molecule has 1 atom stereocenters. The maximum Gasteiger partial charge on any atom is 0.119 e. The van der Waals surface area contributed by atoms with Crippen LogP contribution in [0.2, 0.25) is 0 Å². The van der Waals surface area contributed by atoms with Crippen LogP contribution in [0.1, 0.15) is 6.92 Å². The summed E-state index contributed by atoms with van der Waals surface area (Å²) < 4.78 is 5.69. The largest absolute Gasteiger partial charge is 0.492 e. The molecule has 1 aromatic carbocycles. The predicted molar refractivity (Wildman–Crippen MR) is 65.8 cm³/mol. The van der Waals surface area contributed by atoms with Gasteiger partial charge in [0.2, 0.25) is 0 Å². The molecule has 1 aromatic rings. The molecule has 1 unspecified atom stereocenters. The molecule has 0 aliphatic carbocycles. The molecule has 0 radical (unpaired) electrons. The van der Waals surface area contributed by atoms with Gasteiger partial charge < -0.3 is 10.1 Å². The van der Waals surface area contributed by atoms with E-state index in [0.29, 0.717) is 6.04 Å². The molecule has 88 valence electrons. The minimum absolute atomic E-state index is 0.619. The van der Waals surface area contributed by atoms with E-state index in [1.807, 2.05) is 30.3 Å². The van der Waals surface area contributed by atoms with E-state index in [1.54, 1.807) is 0 Å². The fraction of sp³-hybridized carbons (Fsp3) is 0.538. The second kappa shape index (κ2) is 5.87. The minimum Gasteiger partial charge on any atom is -0.492 e. The van der Waals surface area contributed by atoms with E-state index in [4.69, 9.17) is 4.74 Å². The van der Waals surface area contributed by atoms with Crippen molar-refractivity contribution in [1.82, 2.24) is 10.2 Å². The number of nitrogens with zero attached hydrogens (tertiary/aromatic N) is 1. The summed E-state index contributed by atoms with van der Waals surface area (Å²) in [4.78, 5) is 2.47. The molecule has 1 aliphatic rings. The van der Waals surface area contributed by atoms with Crippen molar-refractivity contribution in [3.8, 4) is 5.75 Å². The van der Waals surface area contributed by atoms with E-state index in [1.165, 1.54) is 0 Å². The molecule has 0 spiro atoms. The van der Waals surface area contributed by atoms with E-state index < -0.39 is 0 Å². The number of hydrogen-bond acceptors (Lipinski definition) is 3.